The summed E-state index contributed by atoms with van der Waals surface area (Å²) < 4.78 is 0. The van der Waals surface area contributed by atoms with Crippen molar-refractivity contribution in [1.29, 1.82) is 0 Å². The summed E-state index contributed by atoms with van der Waals surface area (Å²) in [5.41, 5.74) is 8.02. The summed E-state index contributed by atoms with van der Waals surface area (Å²) in [6.07, 6.45) is 2.61. The number of aromatic nitrogens is 2. The lowest BCUT2D eigenvalue weighted by Crippen LogP contribution is -2.26. The summed E-state index contributed by atoms with van der Waals surface area (Å²) in [6.45, 7) is 4.27. The standard InChI is InChI=1S/C10H19N7/c11-10-14-8(7-9(15-10)16-12)13-3-6-17-4-1-2-5-17/h7H,1-6,12H2,(H4,11,13,14,15,16). The molecule has 1 aliphatic rings. The summed E-state index contributed by atoms with van der Waals surface area (Å²) in [4.78, 5) is 10.4. The Labute approximate surface area is 101 Å². The van der Waals surface area contributed by atoms with Crippen molar-refractivity contribution in [3.05, 3.63) is 6.07 Å². The van der Waals surface area contributed by atoms with Crippen molar-refractivity contribution in [2.45, 2.75) is 12.8 Å². The number of rotatable bonds is 5. The molecule has 2 heterocycles. The SMILES string of the molecule is NNc1cc(NCCN2CCCC2)nc(N)n1. The van der Waals surface area contributed by atoms with Gasteiger partial charge in [0.1, 0.15) is 11.6 Å². The van der Waals surface area contributed by atoms with Crippen molar-refractivity contribution in [3.8, 4) is 0 Å². The van der Waals surface area contributed by atoms with Gasteiger partial charge in [-0.1, -0.05) is 0 Å². The molecule has 0 bridgehead atoms. The monoisotopic (exact) mass is 237 g/mol. The van der Waals surface area contributed by atoms with E-state index >= 15 is 0 Å². The van der Waals surface area contributed by atoms with Gasteiger partial charge >= 0.3 is 0 Å². The predicted octanol–water partition coefficient (Wildman–Crippen LogP) is -0.148. The van der Waals surface area contributed by atoms with Gasteiger partial charge < -0.3 is 21.4 Å². The van der Waals surface area contributed by atoms with E-state index in [0.717, 1.165) is 13.1 Å². The number of hydrogen-bond acceptors (Lipinski definition) is 7. The third-order valence-electron chi connectivity index (χ3n) is 2.82. The van der Waals surface area contributed by atoms with E-state index < -0.39 is 0 Å². The van der Waals surface area contributed by atoms with E-state index in [0.29, 0.717) is 11.6 Å². The minimum Gasteiger partial charge on any atom is -0.369 e. The minimum atomic E-state index is 0.212. The van der Waals surface area contributed by atoms with E-state index in [1.807, 2.05) is 0 Å². The summed E-state index contributed by atoms with van der Waals surface area (Å²) in [5.74, 6) is 6.71. The third-order valence-corrected chi connectivity index (χ3v) is 2.82. The maximum absolute atomic E-state index is 5.56. The quantitative estimate of drug-likeness (QED) is 0.417. The highest BCUT2D eigenvalue weighted by atomic mass is 15.3. The number of anilines is 3. The molecule has 0 aromatic carbocycles. The minimum absolute atomic E-state index is 0.212. The molecular weight excluding hydrogens is 218 g/mol. The normalized spacial score (nSPS) is 16.1. The molecule has 2 rings (SSSR count). The first-order valence-corrected chi connectivity index (χ1v) is 5.85. The molecule has 7 heteroatoms. The number of nitrogens with one attached hydrogen (secondary N) is 2. The highest BCUT2D eigenvalue weighted by Crippen LogP contribution is 2.11. The zero-order chi connectivity index (χ0) is 12.1. The van der Waals surface area contributed by atoms with E-state index in [1.54, 1.807) is 6.07 Å². The molecule has 1 aromatic heterocycles. The van der Waals surface area contributed by atoms with Crippen molar-refractivity contribution in [3.63, 3.8) is 0 Å². The van der Waals surface area contributed by atoms with Crippen LogP contribution in [0, 0.1) is 0 Å². The van der Waals surface area contributed by atoms with E-state index in [2.05, 4.69) is 25.6 Å². The molecule has 0 radical (unpaired) electrons. The highest BCUT2D eigenvalue weighted by molar-refractivity contribution is 5.50. The van der Waals surface area contributed by atoms with E-state index in [1.165, 1.54) is 25.9 Å². The molecule has 0 spiro atoms. The molecule has 1 aromatic rings. The molecule has 1 saturated heterocycles. The van der Waals surface area contributed by atoms with Gasteiger partial charge in [0.25, 0.3) is 0 Å². The van der Waals surface area contributed by atoms with Crippen molar-refractivity contribution < 1.29 is 0 Å². The molecule has 1 aliphatic heterocycles. The van der Waals surface area contributed by atoms with Gasteiger partial charge in [0.2, 0.25) is 5.95 Å². The highest BCUT2D eigenvalue weighted by Gasteiger charge is 2.10. The maximum atomic E-state index is 5.56. The second-order valence-electron chi connectivity index (χ2n) is 4.12. The molecule has 7 nitrogen and oxygen atoms in total. The summed E-state index contributed by atoms with van der Waals surface area (Å²) in [6, 6.07) is 1.74. The van der Waals surface area contributed by atoms with Crippen molar-refractivity contribution in [2.75, 3.05) is 42.7 Å². The first-order valence-electron chi connectivity index (χ1n) is 5.85. The molecule has 0 atom stereocenters. The summed E-state index contributed by atoms with van der Waals surface area (Å²) in [7, 11) is 0. The predicted molar refractivity (Wildman–Crippen MR) is 68.4 cm³/mol. The van der Waals surface area contributed by atoms with Crippen LogP contribution in [0.4, 0.5) is 17.6 Å². The zero-order valence-electron chi connectivity index (χ0n) is 9.82. The number of hydrazine groups is 1. The molecule has 0 amide bonds. The molecule has 17 heavy (non-hydrogen) atoms. The second kappa shape index (κ2) is 5.65. The Balaban J connectivity index is 1.83. The van der Waals surface area contributed by atoms with E-state index in [4.69, 9.17) is 11.6 Å². The smallest absolute Gasteiger partial charge is 0.223 e. The van der Waals surface area contributed by atoms with Gasteiger partial charge in [0.05, 0.1) is 0 Å². The molecular formula is C10H19N7. The number of nitrogen functional groups attached to an aromatic ring is 2. The van der Waals surface area contributed by atoms with Gasteiger partial charge in [-0.25, -0.2) is 5.84 Å². The van der Waals surface area contributed by atoms with Crippen LogP contribution in [0.15, 0.2) is 6.07 Å². The second-order valence-corrected chi connectivity index (χ2v) is 4.12. The largest absolute Gasteiger partial charge is 0.369 e. The van der Waals surface area contributed by atoms with Crippen molar-refractivity contribution in [1.82, 2.24) is 14.9 Å². The first-order chi connectivity index (χ1) is 8.28. The fourth-order valence-electron chi connectivity index (χ4n) is 1.98. The fourth-order valence-corrected chi connectivity index (χ4v) is 1.98. The average molecular weight is 237 g/mol. The Bertz CT molecular complexity index is 362. The topological polar surface area (TPSA) is 105 Å². The van der Waals surface area contributed by atoms with E-state index in [9.17, 15) is 0 Å². The van der Waals surface area contributed by atoms with Crippen LogP contribution in [-0.4, -0.2) is 41.0 Å². The molecule has 0 unspecified atom stereocenters. The third kappa shape index (κ3) is 3.43. The zero-order valence-corrected chi connectivity index (χ0v) is 9.82. The summed E-state index contributed by atoms with van der Waals surface area (Å²) >= 11 is 0. The maximum Gasteiger partial charge on any atom is 0.223 e. The molecule has 6 N–H and O–H groups in total. The van der Waals surface area contributed by atoms with Crippen molar-refractivity contribution in [2.24, 2.45) is 5.84 Å². The molecule has 0 aliphatic carbocycles. The number of nitrogens with two attached hydrogens (primary N) is 2. The van der Waals surface area contributed by atoms with Gasteiger partial charge in [0, 0.05) is 19.2 Å². The van der Waals surface area contributed by atoms with Gasteiger partial charge in [-0.2, -0.15) is 9.97 Å². The van der Waals surface area contributed by atoms with Crippen LogP contribution in [0.5, 0.6) is 0 Å². The Hall–Kier alpha value is -1.60. The number of hydrogen-bond donors (Lipinski definition) is 4. The number of nitrogens with zero attached hydrogens (tertiary/aromatic N) is 3. The van der Waals surface area contributed by atoms with Crippen LogP contribution in [-0.2, 0) is 0 Å². The van der Waals surface area contributed by atoms with Crippen LogP contribution in [0.3, 0.4) is 0 Å². The molecule has 0 saturated carbocycles. The van der Waals surface area contributed by atoms with Gasteiger partial charge in [-0.05, 0) is 25.9 Å². The van der Waals surface area contributed by atoms with Gasteiger partial charge in [-0.3, -0.25) is 0 Å². The fraction of sp³-hybridized carbons (Fsp3) is 0.600. The Kier molecular flexibility index (Phi) is 3.94. The van der Waals surface area contributed by atoms with E-state index in [-0.39, 0.29) is 5.95 Å². The van der Waals surface area contributed by atoms with Crippen LogP contribution in [0.2, 0.25) is 0 Å². The lowest BCUT2D eigenvalue weighted by molar-refractivity contribution is 0.352. The Morgan fingerprint density at radius 3 is 2.65 bits per heavy atom. The van der Waals surface area contributed by atoms with Crippen LogP contribution in [0.25, 0.3) is 0 Å². The van der Waals surface area contributed by atoms with Crippen LogP contribution >= 0.6 is 0 Å². The lowest BCUT2D eigenvalue weighted by Gasteiger charge is -2.15. The molecule has 1 fully saturated rings. The van der Waals surface area contributed by atoms with Gasteiger partial charge in [0.15, 0.2) is 0 Å². The molecule has 94 valence electrons. The van der Waals surface area contributed by atoms with Crippen LogP contribution < -0.4 is 22.3 Å². The average Bonchev–Trinajstić information content (AvgIpc) is 2.81. The summed E-state index contributed by atoms with van der Waals surface area (Å²) in [5, 5.41) is 3.22. The van der Waals surface area contributed by atoms with Crippen LogP contribution in [0.1, 0.15) is 12.8 Å². The number of likely N-dealkylation sites (tertiary alicyclic amines) is 1. The van der Waals surface area contributed by atoms with Crippen molar-refractivity contribution >= 4 is 17.6 Å². The first kappa shape index (κ1) is 11.9. The Morgan fingerprint density at radius 1 is 1.24 bits per heavy atom. The van der Waals surface area contributed by atoms with Gasteiger partial charge in [-0.15, -0.1) is 0 Å². The Morgan fingerprint density at radius 2 is 1.94 bits per heavy atom. The lowest BCUT2D eigenvalue weighted by atomic mass is 10.4.